The summed E-state index contributed by atoms with van der Waals surface area (Å²) in [4.78, 5) is 15.7. The van der Waals surface area contributed by atoms with Crippen molar-refractivity contribution < 1.29 is 9.84 Å². The van der Waals surface area contributed by atoms with Gasteiger partial charge in [-0.2, -0.15) is 5.10 Å². The molecular weight excluding hydrogens is 462 g/mol. The van der Waals surface area contributed by atoms with Crippen LogP contribution in [0.5, 0.6) is 5.75 Å². The van der Waals surface area contributed by atoms with Gasteiger partial charge in [-0.05, 0) is 49.4 Å². The van der Waals surface area contributed by atoms with E-state index in [0.717, 1.165) is 44.5 Å². The number of aliphatic hydroxyl groups is 1. The van der Waals surface area contributed by atoms with Crippen LogP contribution >= 0.6 is 11.3 Å². The van der Waals surface area contributed by atoms with Gasteiger partial charge in [0, 0.05) is 37.6 Å². The Hall–Kier alpha value is -3.60. The van der Waals surface area contributed by atoms with Gasteiger partial charge < -0.3 is 20.1 Å². The first-order chi connectivity index (χ1) is 17.0. The second-order valence-electron chi connectivity index (χ2n) is 8.93. The smallest absolute Gasteiger partial charge is 0.145 e. The number of benzene rings is 2. The maximum Gasteiger partial charge on any atom is 0.145 e. The molecule has 0 spiro atoms. The van der Waals surface area contributed by atoms with E-state index in [4.69, 9.17) is 4.74 Å². The maximum absolute atomic E-state index is 10.7. The van der Waals surface area contributed by atoms with Crippen LogP contribution in [0.3, 0.4) is 0 Å². The van der Waals surface area contributed by atoms with Crippen molar-refractivity contribution in [1.29, 1.82) is 0 Å². The maximum atomic E-state index is 10.7. The second-order valence-corrected chi connectivity index (χ2v) is 9.81. The Bertz CT molecular complexity index is 1510. The molecule has 35 heavy (non-hydrogen) atoms. The van der Waals surface area contributed by atoms with Crippen LogP contribution in [0, 0.1) is 0 Å². The van der Waals surface area contributed by atoms with Crippen LogP contribution in [0.15, 0.2) is 54.6 Å². The molecule has 1 saturated heterocycles. The number of aromatic nitrogens is 5. The molecule has 1 aliphatic heterocycles. The van der Waals surface area contributed by atoms with Gasteiger partial charge in [0.15, 0.2) is 0 Å². The fourth-order valence-corrected chi connectivity index (χ4v) is 5.20. The molecule has 2 atom stereocenters. The first-order valence-corrected chi connectivity index (χ1v) is 12.3. The molecule has 0 amide bonds. The summed E-state index contributed by atoms with van der Waals surface area (Å²) in [5.74, 6) is 1.27. The third-order valence-corrected chi connectivity index (χ3v) is 7.13. The van der Waals surface area contributed by atoms with Crippen LogP contribution < -0.4 is 10.1 Å². The van der Waals surface area contributed by atoms with Gasteiger partial charge in [0.2, 0.25) is 0 Å². The number of ether oxygens (including phenoxy) is 1. The lowest BCUT2D eigenvalue weighted by Gasteiger charge is -2.34. The van der Waals surface area contributed by atoms with Crippen molar-refractivity contribution in [3.63, 3.8) is 0 Å². The highest BCUT2D eigenvalue weighted by molar-refractivity contribution is 7.16. The lowest BCUT2D eigenvalue weighted by atomic mass is 10.0. The van der Waals surface area contributed by atoms with Gasteiger partial charge in [-0.25, -0.2) is 15.0 Å². The second kappa shape index (κ2) is 8.88. The summed E-state index contributed by atoms with van der Waals surface area (Å²) in [6, 6.07) is 10.0. The predicted octanol–water partition coefficient (Wildman–Crippen LogP) is 3.83. The van der Waals surface area contributed by atoms with E-state index in [1.54, 1.807) is 22.3 Å². The number of fused-ring (bicyclic) bond motifs is 2. The molecule has 1 fully saturated rings. The third kappa shape index (κ3) is 4.31. The van der Waals surface area contributed by atoms with E-state index in [1.165, 1.54) is 0 Å². The molecule has 2 aromatic carbocycles. The molecule has 9 nitrogen and oxygen atoms in total. The monoisotopic (exact) mass is 487 g/mol. The summed E-state index contributed by atoms with van der Waals surface area (Å²) in [5.41, 5.74) is 6.36. The molecule has 2 N–H and O–H groups in total. The van der Waals surface area contributed by atoms with Crippen LogP contribution in [-0.4, -0.2) is 67.1 Å². The number of piperidine rings is 1. The Labute approximate surface area is 206 Å². The number of likely N-dealkylation sites (tertiary alicyclic amines) is 1. The average Bonchev–Trinajstić information content (AvgIpc) is 3.50. The molecule has 178 valence electrons. The van der Waals surface area contributed by atoms with Crippen molar-refractivity contribution in [3.05, 3.63) is 54.6 Å². The van der Waals surface area contributed by atoms with Crippen LogP contribution in [-0.2, 0) is 7.05 Å². The lowest BCUT2D eigenvalue weighted by molar-refractivity contribution is -0.0169. The summed E-state index contributed by atoms with van der Waals surface area (Å²) < 4.78 is 9.37. The molecule has 1 aliphatic rings. The number of nitrogens with one attached hydrogen (secondary N) is 1. The molecule has 3 aromatic heterocycles. The van der Waals surface area contributed by atoms with E-state index in [0.29, 0.717) is 24.5 Å². The van der Waals surface area contributed by atoms with Gasteiger partial charge in [-0.3, -0.25) is 4.68 Å². The number of thiazole rings is 1. The van der Waals surface area contributed by atoms with Crippen molar-refractivity contribution >= 4 is 44.0 Å². The summed E-state index contributed by atoms with van der Waals surface area (Å²) in [6.07, 6.45) is 5.09. The molecule has 0 bridgehead atoms. The van der Waals surface area contributed by atoms with Gasteiger partial charge in [0.25, 0.3) is 0 Å². The summed E-state index contributed by atoms with van der Waals surface area (Å²) in [7, 11) is 3.93. The molecule has 0 aliphatic carbocycles. The Morgan fingerprint density at radius 3 is 2.86 bits per heavy atom. The normalized spacial score (nSPS) is 18.8. The lowest BCUT2D eigenvalue weighted by Crippen LogP contribution is -2.47. The Balaban J connectivity index is 1.46. The third-order valence-electron chi connectivity index (χ3n) is 6.34. The van der Waals surface area contributed by atoms with Gasteiger partial charge in [-0.15, -0.1) is 11.3 Å². The molecule has 6 rings (SSSR count). The fourth-order valence-electron chi connectivity index (χ4n) is 4.49. The Kier molecular flexibility index (Phi) is 5.56. The number of hydrogen-bond donors (Lipinski definition) is 2. The number of aliphatic hydroxyl groups excluding tert-OH is 1. The van der Waals surface area contributed by atoms with Crippen LogP contribution in [0.25, 0.3) is 32.2 Å². The van der Waals surface area contributed by atoms with E-state index >= 15 is 0 Å². The topological polar surface area (TPSA) is 101 Å². The van der Waals surface area contributed by atoms with Crippen LogP contribution in [0.2, 0.25) is 0 Å². The van der Waals surface area contributed by atoms with E-state index in [2.05, 4.69) is 36.3 Å². The largest absolute Gasteiger partial charge is 0.486 e. The zero-order chi connectivity index (χ0) is 23.9. The zero-order valence-electron chi connectivity index (χ0n) is 19.4. The van der Waals surface area contributed by atoms with Crippen molar-refractivity contribution in [2.75, 3.05) is 25.5 Å². The minimum absolute atomic E-state index is 0.359. The summed E-state index contributed by atoms with van der Waals surface area (Å²) in [6.45, 7) is 1.48. The first kappa shape index (κ1) is 21.9. The fraction of sp³-hybridized carbons (Fsp3) is 0.280. The number of anilines is 2. The molecule has 4 heterocycles. The van der Waals surface area contributed by atoms with Gasteiger partial charge in [0.05, 0.1) is 38.9 Å². The molecule has 0 saturated carbocycles. The average molecular weight is 488 g/mol. The molecule has 10 heteroatoms. The number of hydrogen-bond acceptors (Lipinski definition) is 9. The molecular formula is C25H25N7O2S. The summed E-state index contributed by atoms with van der Waals surface area (Å²) in [5, 5.41) is 19.2. The van der Waals surface area contributed by atoms with E-state index in [-0.39, 0.29) is 6.10 Å². The first-order valence-electron chi connectivity index (χ1n) is 11.4. The Morgan fingerprint density at radius 2 is 2.00 bits per heavy atom. The highest BCUT2D eigenvalue weighted by atomic mass is 32.1. The van der Waals surface area contributed by atoms with Crippen molar-refractivity contribution in [2.24, 2.45) is 7.05 Å². The predicted molar refractivity (Wildman–Crippen MR) is 137 cm³/mol. The summed E-state index contributed by atoms with van der Waals surface area (Å²) >= 11 is 1.60. The minimum atomic E-state index is -0.543. The highest BCUT2D eigenvalue weighted by Gasteiger charge is 2.29. The quantitative estimate of drug-likeness (QED) is 0.386. The van der Waals surface area contributed by atoms with E-state index in [9.17, 15) is 5.11 Å². The van der Waals surface area contributed by atoms with Crippen molar-refractivity contribution in [3.8, 4) is 16.9 Å². The zero-order valence-corrected chi connectivity index (χ0v) is 20.2. The Morgan fingerprint density at radius 1 is 1.09 bits per heavy atom. The van der Waals surface area contributed by atoms with E-state index < -0.39 is 6.10 Å². The van der Waals surface area contributed by atoms with Crippen molar-refractivity contribution in [1.82, 2.24) is 29.6 Å². The molecule has 5 aromatic rings. The SMILES string of the molecule is CN1CC[C@H](O)[C@@H](Oc2cc(-c3cnn(C)c3)cc3ncnc(Nc4ccc5ncsc5c4)c23)C1. The molecule has 0 unspecified atom stereocenters. The van der Waals surface area contributed by atoms with Gasteiger partial charge in [-0.1, -0.05) is 0 Å². The standard InChI is InChI=1S/C25H25N7O2S/c1-31-6-5-20(33)22(12-31)34-21-8-15(16-10-29-32(2)11-16)7-19-24(21)25(27-13-26-19)30-17-3-4-18-23(9-17)35-14-28-18/h3-4,7-11,13-14,20,22,33H,5-6,12H2,1-2H3,(H,26,27,30)/t20-,22-/m0/s1. The van der Waals surface area contributed by atoms with Crippen LogP contribution in [0.4, 0.5) is 11.5 Å². The van der Waals surface area contributed by atoms with Gasteiger partial charge in [0.1, 0.15) is 24.0 Å². The molecule has 0 radical (unpaired) electrons. The van der Waals surface area contributed by atoms with Gasteiger partial charge >= 0.3 is 0 Å². The van der Waals surface area contributed by atoms with Crippen molar-refractivity contribution in [2.45, 2.75) is 18.6 Å². The van der Waals surface area contributed by atoms with E-state index in [1.807, 2.05) is 56.3 Å². The number of nitrogens with zero attached hydrogens (tertiary/aromatic N) is 6. The number of aryl methyl sites for hydroxylation is 1. The number of likely N-dealkylation sites (N-methyl/N-ethyl adjacent to an activating group) is 1. The highest BCUT2D eigenvalue weighted by Crippen LogP contribution is 2.37. The van der Waals surface area contributed by atoms with Crippen LogP contribution in [0.1, 0.15) is 6.42 Å². The number of rotatable bonds is 5. The minimum Gasteiger partial charge on any atom is -0.486 e.